The number of carbonyl (C=O) groups is 6. The van der Waals surface area contributed by atoms with E-state index in [1.807, 2.05) is 6.92 Å². The van der Waals surface area contributed by atoms with Gasteiger partial charge in [0, 0.05) is 19.9 Å². The summed E-state index contributed by atoms with van der Waals surface area (Å²) in [5, 5.41) is 34.9. The first-order chi connectivity index (χ1) is 16.4. The maximum Gasteiger partial charge on any atom is 0.305 e. The lowest BCUT2D eigenvalue weighted by Gasteiger charge is -2.31. The third-order valence-electron chi connectivity index (χ3n) is 5.94. The summed E-state index contributed by atoms with van der Waals surface area (Å²) in [6.07, 6.45) is 0.164. The average Bonchev–Trinajstić information content (AvgIpc) is 3.28. The average molecular weight is 501 g/mol. The molecule has 1 saturated heterocycles. The molecule has 0 spiro atoms. The van der Waals surface area contributed by atoms with Crippen molar-refractivity contribution in [2.75, 3.05) is 13.2 Å². The van der Waals surface area contributed by atoms with Gasteiger partial charge in [-0.1, -0.05) is 20.3 Å². The Bertz CT molecular complexity index is 804. The summed E-state index contributed by atoms with van der Waals surface area (Å²) in [5.41, 5.74) is 0. The highest BCUT2D eigenvalue weighted by Gasteiger charge is 2.39. The van der Waals surface area contributed by atoms with E-state index < -0.39 is 79.2 Å². The monoisotopic (exact) mass is 500 g/mol. The smallest absolute Gasteiger partial charge is 0.305 e. The number of hydrogen-bond acceptors (Lipinski definition) is 7. The Balaban J connectivity index is 3.06. The van der Waals surface area contributed by atoms with Crippen molar-refractivity contribution in [1.82, 2.24) is 20.9 Å². The molecule has 1 aliphatic heterocycles. The molecule has 1 fully saturated rings. The number of carboxylic acids is 2. The second kappa shape index (κ2) is 14.2. The molecular formula is C22H36N4O9. The van der Waals surface area contributed by atoms with Crippen LogP contribution in [0.15, 0.2) is 0 Å². The number of amides is 4. The van der Waals surface area contributed by atoms with E-state index in [0.717, 1.165) is 0 Å². The molecule has 0 aliphatic carbocycles. The van der Waals surface area contributed by atoms with Crippen LogP contribution in [0.25, 0.3) is 0 Å². The fourth-order valence-corrected chi connectivity index (χ4v) is 3.88. The third kappa shape index (κ3) is 9.51. The number of aliphatic carboxylic acids is 2. The molecule has 35 heavy (non-hydrogen) atoms. The fraction of sp³-hybridized carbons (Fsp3) is 0.727. The summed E-state index contributed by atoms with van der Waals surface area (Å²) in [5.74, 6) is -5.01. The molecule has 0 unspecified atom stereocenters. The molecule has 198 valence electrons. The minimum absolute atomic E-state index is 0.180. The summed E-state index contributed by atoms with van der Waals surface area (Å²) in [6, 6.07) is -4.18. The summed E-state index contributed by atoms with van der Waals surface area (Å²) in [6.45, 7) is 4.42. The van der Waals surface area contributed by atoms with Crippen molar-refractivity contribution in [3.05, 3.63) is 0 Å². The zero-order chi connectivity index (χ0) is 26.7. The van der Waals surface area contributed by atoms with E-state index in [4.69, 9.17) is 10.2 Å². The summed E-state index contributed by atoms with van der Waals surface area (Å²) in [7, 11) is 0. The van der Waals surface area contributed by atoms with E-state index in [-0.39, 0.29) is 25.3 Å². The van der Waals surface area contributed by atoms with Gasteiger partial charge < -0.3 is 36.2 Å². The molecule has 6 N–H and O–H groups in total. The van der Waals surface area contributed by atoms with Crippen LogP contribution in [-0.2, 0) is 28.8 Å². The van der Waals surface area contributed by atoms with Gasteiger partial charge in [0.15, 0.2) is 0 Å². The van der Waals surface area contributed by atoms with Crippen LogP contribution in [0.3, 0.4) is 0 Å². The van der Waals surface area contributed by atoms with Gasteiger partial charge in [0.25, 0.3) is 0 Å². The van der Waals surface area contributed by atoms with Crippen LogP contribution in [0.2, 0.25) is 0 Å². The van der Waals surface area contributed by atoms with Crippen molar-refractivity contribution >= 4 is 35.6 Å². The Kier molecular flexibility index (Phi) is 12.1. The van der Waals surface area contributed by atoms with Gasteiger partial charge in [-0.2, -0.15) is 0 Å². The zero-order valence-corrected chi connectivity index (χ0v) is 20.3. The molecule has 1 rings (SSSR count). The van der Waals surface area contributed by atoms with E-state index in [2.05, 4.69) is 16.0 Å². The molecule has 0 aromatic carbocycles. The Hall–Kier alpha value is -3.22. The van der Waals surface area contributed by atoms with E-state index in [9.17, 15) is 33.9 Å². The lowest BCUT2D eigenvalue weighted by Crippen LogP contribution is -2.58. The van der Waals surface area contributed by atoms with Crippen LogP contribution >= 0.6 is 0 Å². The molecule has 0 radical (unpaired) electrons. The molecule has 5 atom stereocenters. The van der Waals surface area contributed by atoms with Gasteiger partial charge in [0.05, 0.1) is 19.1 Å². The van der Waals surface area contributed by atoms with Crippen molar-refractivity contribution in [2.45, 2.75) is 83.5 Å². The van der Waals surface area contributed by atoms with E-state index in [1.165, 1.54) is 11.8 Å². The van der Waals surface area contributed by atoms with Crippen LogP contribution in [0, 0.1) is 5.92 Å². The predicted molar refractivity (Wildman–Crippen MR) is 122 cm³/mol. The van der Waals surface area contributed by atoms with Crippen LogP contribution in [0.5, 0.6) is 0 Å². The molecule has 1 aliphatic rings. The number of carboxylic acid groups (broad SMARTS) is 2. The van der Waals surface area contributed by atoms with Crippen LogP contribution < -0.4 is 16.0 Å². The Morgan fingerprint density at radius 2 is 1.69 bits per heavy atom. The van der Waals surface area contributed by atoms with Crippen molar-refractivity contribution in [3.63, 3.8) is 0 Å². The number of aliphatic hydroxyl groups is 1. The van der Waals surface area contributed by atoms with Gasteiger partial charge in [-0.15, -0.1) is 0 Å². The molecule has 13 nitrogen and oxygen atoms in total. The highest BCUT2D eigenvalue weighted by Crippen LogP contribution is 2.20. The Morgan fingerprint density at radius 1 is 1.03 bits per heavy atom. The number of aliphatic hydroxyl groups excluding tert-OH is 1. The molecular weight excluding hydrogens is 464 g/mol. The van der Waals surface area contributed by atoms with Crippen LogP contribution in [-0.4, -0.2) is 93.1 Å². The lowest BCUT2D eigenvalue weighted by molar-refractivity contribution is -0.144. The van der Waals surface area contributed by atoms with Gasteiger partial charge >= 0.3 is 11.9 Å². The quantitative estimate of drug-likeness (QED) is 0.170. The number of likely N-dealkylation sites (tertiary alicyclic amines) is 1. The number of nitrogens with zero attached hydrogens (tertiary/aromatic N) is 1. The van der Waals surface area contributed by atoms with Crippen molar-refractivity contribution in [3.8, 4) is 0 Å². The standard InChI is InChI=1S/C22H36N4O9/c1-4-12(2)19(23-13(3)28)21(34)25-15(7-8-17(29)30)22(35)26-9-5-6-16(26)20(33)24-14(11-27)10-18(31)32/h12,14-16,19,27H,4-11H2,1-3H3,(H,23,28)(H,24,33)(H,25,34)(H,29,30)(H,31,32)/t12-,14-,15-,16-,19-/m0/s1. The van der Waals surface area contributed by atoms with E-state index in [1.54, 1.807) is 6.92 Å². The van der Waals surface area contributed by atoms with Gasteiger partial charge in [0.2, 0.25) is 23.6 Å². The second-order valence-electron chi connectivity index (χ2n) is 8.73. The normalized spacial score (nSPS) is 18.6. The lowest BCUT2D eigenvalue weighted by atomic mass is 9.97. The molecule has 0 aromatic rings. The molecule has 1 heterocycles. The third-order valence-corrected chi connectivity index (χ3v) is 5.94. The fourth-order valence-electron chi connectivity index (χ4n) is 3.88. The minimum Gasteiger partial charge on any atom is -0.481 e. The summed E-state index contributed by atoms with van der Waals surface area (Å²) < 4.78 is 0. The minimum atomic E-state index is -1.25. The van der Waals surface area contributed by atoms with Gasteiger partial charge in [0.1, 0.15) is 18.1 Å². The van der Waals surface area contributed by atoms with E-state index in [0.29, 0.717) is 12.8 Å². The first-order valence-corrected chi connectivity index (χ1v) is 11.6. The SMILES string of the molecule is CC[C@H](C)[C@H](NC(C)=O)C(=O)N[C@@H](CCC(=O)O)C(=O)N1CCC[C@H]1C(=O)N[C@H](CO)CC(=O)O. The molecule has 0 aromatic heterocycles. The number of hydrogen-bond donors (Lipinski definition) is 6. The maximum atomic E-state index is 13.3. The Labute approximate surface area is 203 Å². The van der Waals surface area contributed by atoms with Crippen molar-refractivity contribution in [1.29, 1.82) is 0 Å². The molecule has 4 amide bonds. The predicted octanol–water partition coefficient (Wildman–Crippen LogP) is -1.17. The van der Waals surface area contributed by atoms with Gasteiger partial charge in [-0.3, -0.25) is 28.8 Å². The highest BCUT2D eigenvalue weighted by atomic mass is 16.4. The number of nitrogens with one attached hydrogen (secondary N) is 3. The van der Waals surface area contributed by atoms with Crippen LogP contribution in [0.1, 0.15) is 59.3 Å². The van der Waals surface area contributed by atoms with Gasteiger partial charge in [-0.05, 0) is 25.2 Å². The topological polar surface area (TPSA) is 202 Å². The summed E-state index contributed by atoms with van der Waals surface area (Å²) >= 11 is 0. The first kappa shape index (κ1) is 29.8. The Morgan fingerprint density at radius 3 is 2.20 bits per heavy atom. The molecule has 13 heteroatoms. The van der Waals surface area contributed by atoms with Crippen molar-refractivity contribution < 1.29 is 44.1 Å². The first-order valence-electron chi connectivity index (χ1n) is 11.6. The number of rotatable bonds is 14. The highest BCUT2D eigenvalue weighted by molar-refractivity contribution is 5.94. The van der Waals surface area contributed by atoms with E-state index >= 15 is 0 Å². The largest absolute Gasteiger partial charge is 0.481 e. The molecule has 0 saturated carbocycles. The van der Waals surface area contributed by atoms with Crippen molar-refractivity contribution in [2.24, 2.45) is 5.92 Å². The van der Waals surface area contributed by atoms with Gasteiger partial charge in [-0.25, -0.2) is 0 Å². The number of carbonyl (C=O) groups excluding carboxylic acids is 4. The zero-order valence-electron chi connectivity index (χ0n) is 20.3. The second-order valence-corrected chi connectivity index (χ2v) is 8.73. The summed E-state index contributed by atoms with van der Waals surface area (Å²) in [4.78, 5) is 73.9. The van der Waals surface area contributed by atoms with Crippen LogP contribution in [0.4, 0.5) is 0 Å². The maximum absolute atomic E-state index is 13.3. The molecule has 0 bridgehead atoms.